The van der Waals surface area contributed by atoms with Crippen molar-refractivity contribution in [1.82, 2.24) is 19.7 Å². The highest BCUT2D eigenvalue weighted by Crippen LogP contribution is 2.33. The quantitative estimate of drug-likeness (QED) is 0.594. The normalized spacial score (nSPS) is 16.5. The molecule has 3 aromatic rings. The van der Waals surface area contributed by atoms with Gasteiger partial charge in [-0.3, -0.25) is 9.48 Å². The van der Waals surface area contributed by atoms with Gasteiger partial charge in [-0.2, -0.15) is 5.10 Å². The number of nitrogens with zero attached hydrogens (tertiary/aromatic N) is 4. The molecule has 6 nitrogen and oxygen atoms in total. The summed E-state index contributed by atoms with van der Waals surface area (Å²) < 4.78 is 7.72. The van der Waals surface area contributed by atoms with Crippen molar-refractivity contribution in [3.63, 3.8) is 0 Å². The smallest absolute Gasteiger partial charge is 0.272 e. The maximum Gasteiger partial charge on any atom is 0.272 e. The number of halogens is 1. The van der Waals surface area contributed by atoms with Crippen LogP contribution in [0, 0.1) is 0 Å². The van der Waals surface area contributed by atoms with E-state index in [9.17, 15) is 4.79 Å². The molecule has 0 bridgehead atoms. The number of hydrogen-bond acceptors (Lipinski definition) is 4. The van der Waals surface area contributed by atoms with Crippen LogP contribution in [0.1, 0.15) is 65.6 Å². The molecule has 7 heteroatoms. The van der Waals surface area contributed by atoms with Crippen LogP contribution >= 0.6 is 11.6 Å². The highest BCUT2D eigenvalue weighted by molar-refractivity contribution is 6.30. The number of rotatable bonds is 6. The molecular weight excluding hydrogens is 388 g/mol. The Morgan fingerprint density at radius 3 is 2.86 bits per heavy atom. The molecule has 0 aliphatic carbocycles. The van der Waals surface area contributed by atoms with Gasteiger partial charge in [-0.1, -0.05) is 37.1 Å². The van der Waals surface area contributed by atoms with Crippen LogP contribution in [0.25, 0.3) is 0 Å². The first-order valence-corrected chi connectivity index (χ1v) is 10.5. The van der Waals surface area contributed by atoms with E-state index in [0.29, 0.717) is 29.6 Å². The van der Waals surface area contributed by atoms with Crippen LogP contribution in [0.15, 0.2) is 40.9 Å². The second kappa shape index (κ2) is 8.41. The topological polar surface area (TPSA) is 64.2 Å². The van der Waals surface area contributed by atoms with E-state index in [-0.39, 0.29) is 11.9 Å². The highest BCUT2D eigenvalue weighted by atomic mass is 35.5. The molecular formula is C22H25ClN4O2. The van der Waals surface area contributed by atoms with E-state index in [1.807, 2.05) is 42.3 Å². The van der Waals surface area contributed by atoms with Crippen molar-refractivity contribution in [2.45, 2.75) is 45.1 Å². The summed E-state index contributed by atoms with van der Waals surface area (Å²) in [5.74, 6) is 1.38. The lowest BCUT2D eigenvalue weighted by Gasteiger charge is -2.22. The number of aryl methyl sites for hydroxylation is 2. The van der Waals surface area contributed by atoms with Crippen molar-refractivity contribution in [2.24, 2.45) is 7.05 Å². The Kier molecular flexibility index (Phi) is 5.72. The van der Waals surface area contributed by atoms with Crippen LogP contribution in [0.2, 0.25) is 5.02 Å². The molecule has 1 aliphatic heterocycles. The van der Waals surface area contributed by atoms with E-state index in [1.54, 1.807) is 10.9 Å². The minimum absolute atomic E-state index is 0.0118. The number of carbonyl (C=O) groups excluding carboxylic acids is 1. The molecule has 2 aromatic heterocycles. The molecule has 3 heterocycles. The molecule has 4 rings (SSSR count). The minimum Gasteiger partial charge on any atom is -0.443 e. The van der Waals surface area contributed by atoms with Gasteiger partial charge in [0, 0.05) is 25.0 Å². The monoisotopic (exact) mass is 412 g/mol. The molecule has 1 fully saturated rings. The summed E-state index contributed by atoms with van der Waals surface area (Å²) in [5.41, 5.74) is 2.68. The van der Waals surface area contributed by atoms with Crippen LogP contribution in [-0.4, -0.2) is 32.1 Å². The summed E-state index contributed by atoms with van der Waals surface area (Å²) in [4.78, 5) is 19.5. The van der Waals surface area contributed by atoms with Gasteiger partial charge < -0.3 is 9.32 Å². The van der Waals surface area contributed by atoms with Crippen molar-refractivity contribution < 1.29 is 9.21 Å². The van der Waals surface area contributed by atoms with Crippen molar-refractivity contribution in [3.8, 4) is 0 Å². The molecule has 0 spiro atoms. The first kappa shape index (κ1) is 19.7. The fourth-order valence-corrected chi connectivity index (χ4v) is 4.01. The summed E-state index contributed by atoms with van der Waals surface area (Å²) in [5, 5.41) is 5.18. The Morgan fingerprint density at radius 1 is 1.31 bits per heavy atom. The number of likely N-dealkylation sites (tertiary alicyclic amines) is 1. The van der Waals surface area contributed by atoms with Gasteiger partial charge in [0.1, 0.15) is 17.5 Å². The second-order valence-electron chi connectivity index (χ2n) is 7.52. The first-order chi connectivity index (χ1) is 14.0. The van der Waals surface area contributed by atoms with E-state index in [2.05, 4.69) is 17.0 Å². The van der Waals surface area contributed by atoms with Crippen LogP contribution < -0.4 is 0 Å². The summed E-state index contributed by atoms with van der Waals surface area (Å²) in [7, 11) is 1.83. The fourth-order valence-electron chi connectivity index (χ4n) is 3.88. The van der Waals surface area contributed by atoms with Crippen molar-refractivity contribution in [3.05, 3.63) is 70.2 Å². The number of aromatic nitrogens is 3. The third-order valence-electron chi connectivity index (χ3n) is 5.32. The Balaban J connectivity index is 1.50. The SMILES string of the molecule is CCCc1cc(C(=O)N2CCCC2c2ncc(Cc3ccc(Cl)cc3)o2)n(C)n1. The molecule has 1 saturated heterocycles. The zero-order valence-electron chi connectivity index (χ0n) is 16.8. The predicted molar refractivity (Wildman–Crippen MR) is 111 cm³/mol. The molecule has 1 atom stereocenters. The Morgan fingerprint density at radius 2 is 2.10 bits per heavy atom. The highest BCUT2D eigenvalue weighted by Gasteiger charge is 2.35. The first-order valence-electron chi connectivity index (χ1n) is 10.1. The molecule has 0 N–H and O–H groups in total. The standard InChI is InChI=1S/C22H25ClN4O2/c1-3-5-17-13-20(26(2)25-17)22(28)27-11-4-6-19(27)21-24-14-18(29-21)12-15-7-9-16(23)10-8-15/h7-10,13-14,19H,3-6,11-12H2,1-2H3. The Labute approximate surface area is 175 Å². The van der Waals surface area contributed by atoms with Crippen LogP contribution in [0.5, 0.6) is 0 Å². The van der Waals surface area contributed by atoms with E-state index < -0.39 is 0 Å². The lowest BCUT2D eigenvalue weighted by Crippen LogP contribution is -2.32. The van der Waals surface area contributed by atoms with Gasteiger partial charge in [0.2, 0.25) is 5.89 Å². The molecule has 152 valence electrons. The largest absolute Gasteiger partial charge is 0.443 e. The fraction of sp³-hybridized carbons (Fsp3) is 0.409. The number of hydrogen-bond donors (Lipinski definition) is 0. The molecule has 29 heavy (non-hydrogen) atoms. The van der Waals surface area contributed by atoms with Crippen LogP contribution in [0.4, 0.5) is 0 Å². The van der Waals surface area contributed by atoms with Gasteiger partial charge in [0.15, 0.2) is 0 Å². The summed E-state index contributed by atoms with van der Waals surface area (Å²) in [6.07, 6.45) is 6.07. The van der Waals surface area contributed by atoms with Gasteiger partial charge in [0.25, 0.3) is 5.91 Å². The van der Waals surface area contributed by atoms with Gasteiger partial charge in [-0.25, -0.2) is 4.98 Å². The average molecular weight is 413 g/mol. The molecule has 0 saturated carbocycles. The third-order valence-corrected chi connectivity index (χ3v) is 5.57. The van der Waals surface area contributed by atoms with Gasteiger partial charge in [-0.05, 0) is 43.0 Å². The lowest BCUT2D eigenvalue weighted by molar-refractivity contribution is 0.0703. The predicted octanol–water partition coefficient (Wildman–Crippen LogP) is 4.58. The second-order valence-corrected chi connectivity index (χ2v) is 7.96. The third kappa shape index (κ3) is 4.22. The zero-order valence-corrected chi connectivity index (χ0v) is 17.5. The Bertz CT molecular complexity index is 993. The molecule has 1 amide bonds. The molecule has 1 unspecified atom stereocenters. The minimum atomic E-state index is -0.133. The summed E-state index contributed by atoms with van der Waals surface area (Å²) in [6, 6.07) is 9.46. The maximum atomic E-state index is 13.2. The maximum absolute atomic E-state index is 13.2. The summed E-state index contributed by atoms with van der Waals surface area (Å²) >= 11 is 5.95. The van der Waals surface area contributed by atoms with Crippen LogP contribution in [0.3, 0.4) is 0 Å². The van der Waals surface area contributed by atoms with Gasteiger partial charge in [0.05, 0.1) is 11.9 Å². The molecule has 1 aromatic carbocycles. The number of amides is 1. The van der Waals surface area contributed by atoms with E-state index in [0.717, 1.165) is 42.7 Å². The van der Waals surface area contributed by atoms with Gasteiger partial charge in [-0.15, -0.1) is 0 Å². The molecule has 1 aliphatic rings. The van der Waals surface area contributed by atoms with Gasteiger partial charge >= 0.3 is 0 Å². The van der Waals surface area contributed by atoms with E-state index in [1.165, 1.54) is 0 Å². The van der Waals surface area contributed by atoms with Crippen molar-refractivity contribution in [2.75, 3.05) is 6.54 Å². The van der Waals surface area contributed by atoms with Crippen molar-refractivity contribution >= 4 is 17.5 Å². The number of carbonyl (C=O) groups is 1. The zero-order chi connectivity index (χ0) is 20.4. The number of benzene rings is 1. The average Bonchev–Trinajstić information content (AvgIpc) is 3.43. The van der Waals surface area contributed by atoms with E-state index >= 15 is 0 Å². The number of oxazole rings is 1. The van der Waals surface area contributed by atoms with Crippen LogP contribution in [-0.2, 0) is 19.9 Å². The van der Waals surface area contributed by atoms with Crippen molar-refractivity contribution in [1.29, 1.82) is 0 Å². The summed E-state index contributed by atoms with van der Waals surface area (Å²) in [6.45, 7) is 2.81. The lowest BCUT2D eigenvalue weighted by atomic mass is 10.1. The molecule has 0 radical (unpaired) electrons. The Hall–Kier alpha value is -2.60. The van der Waals surface area contributed by atoms with E-state index in [4.69, 9.17) is 16.0 Å².